The van der Waals surface area contributed by atoms with E-state index in [4.69, 9.17) is 4.74 Å². The topological polar surface area (TPSA) is 58.6 Å². The van der Waals surface area contributed by atoms with E-state index in [0.29, 0.717) is 35.1 Å². The first-order valence-electron chi connectivity index (χ1n) is 11.6. The highest BCUT2D eigenvalue weighted by Crippen LogP contribution is 2.45. The van der Waals surface area contributed by atoms with Gasteiger partial charge >= 0.3 is 0 Å². The standard InChI is InChI=1S/C26H34N2O3S/c1-16-14-28(15-17(2)31-16)25(30)22-20-12-11-19(26(3,4)5)13-21(20)32-24(22)27-23(29)18-9-7-6-8-10-18/h6-10,16-17,19H,11-15H2,1-5H3,(H,27,29)/t16-,17+,19-/m0/s1. The Morgan fingerprint density at radius 2 is 1.75 bits per heavy atom. The zero-order valence-electron chi connectivity index (χ0n) is 19.7. The maximum atomic E-state index is 13.8. The fraction of sp³-hybridized carbons (Fsp3) is 0.538. The van der Waals surface area contributed by atoms with E-state index in [-0.39, 0.29) is 29.4 Å². The lowest BCUT2D eigenvalue weighted by molar-refractivity contribution is -0.0586. The van der Waals surface area contributed by atoms with Crippen LogP contribution in [0.3, 0.4) is 0 Å². The van der Waals surface area contributed by atoms with Crippen LogP contribution in [0.2, 0.25) is 0 Å². The Labute approximate surface area is 195 Å². The number of nitrogens with zero attached hydrogens (tertiary/aromatic N) is 1. The van der Waals surface area contributed by atoms with Gasteiger partial charge in [0, 0.05) is 23.5 Å². The summed E-state index contributed by atoms with van der Waals surface area (Å²) >= 11 is 1.59. The molecule has 1 N–H and O–H groups in total. The molecule has 172 valence electrons. The van der Waals surface area contributed by atoms with Gasteiger partial charge in [-0.25, -0.2) is 0 Å². The molecule has 3 atom stereocenters. The van der Waals surface area contributed by atoms with Crippen molar-refractivity contribution in [3.63, 3.8) is 0 Å². The monoisotopic (exact) mass is 454 g/mol. The molecule has 1 aliphatic heterocycles. The number of hydrogen-bond acceptors (Lipinski definition) is 4. The Morgan fingerprint density at radius 3 is 2.38 bits per heavy atom. The van der Waals surface area contributed by atoms with Crippen LogP contribution in [0.1, 0.15) is 72.2 Å². The van der Waals surface area contributed by atoms with E-state index in [1.54, 1.807) is 23.5 Å². The maximum absolute atomic E-state index is 13.8. The second-order valence-electron chi connectivity index (χ2n) is 10.3. The van der Waals surface area contributed by atoms with Gasteiger partial charge in [-0.15, -0.1) is 11.3 Å². The van der Waals surface area contributed by atoms with E-state index in [1.165, 1.54) is 4.88 Å². The van der Waals surface area contributed by atoms with Crippen LogP contribution in [0.4, 0.5) is 5.00 Å². The highest BCUT2D eigenvalue weighted by atomic mass is 32.1. The summed E-state index contributed by atoms with van der Waals surface area (Å²) in [6, 6.07) is 9.19. The van der Waals surface area contributed by atoms with Gasteiger partial charge in [0.15, 0.2) is 0 Å². The molecule has 0 spiro atoms. The minimum atomic E-state index is -0.172. The molecule has 32 heavy (non-hydrogen) atoms. The summed E-state index contributed by atoms with van der Waals surface area (Å²) in [7, 11) is 0. The molecule has 5 nitrogen and oxygen atoms in total. The minimum Gasteiger partial charge on any atom is -0.372 e. The molecule has 1 aliphatic carbocycles. The van der Waals surface area contributed by atoms with Crippen molar-refractivity contribution in [2.75, 3.05) is 18.4 Å². The summed E-state index contributed by atoms with van der Waals surface area (Å²) in [5.74, 6) is 0.411. The van der Waals surface area contributed by atoms with E-state index < -0.39 is 0 Å². The van der Waals surface area contributed by atoms with Crippen LogP contribution in [0, 0.1) is 11.3 Å². The molecule has 2 amide bonds. The number of fused-ring (bicyclic) bond motifs is 1. The quantitative estimate of drug-likeness (QED) is 0.675. The highest BCUT2D eigenvalue weighted by molar-refractivity contribution is 7.17. The number of carbonyl (C=O) groups is 2. The number of anilines is 1. The number of carbonyl (C=O) groups excluding carboxylic acids is 2. The summed E-state index contributed by atoms with van der Waals surface area (Å²) in [4.78, 5) is 29.9. The number of thiophene rings is 1. The van der Waals surface area contributed by atoms with Gasteiger partial charge in [-0.05, 0) is 62.1 Å². The number of morpholine rings is 1. The largest absolute Gasteiger partial charge is 0.372 e. The Bertz CT molecular complexity index is 982. The first kappa shape index (κ1) is 23.0. The van der Waals surface area contributed by atoms with Gasteiger partial charge in [0.05, 0.1) is 17.8 Å². The van der Waals surface area contributed by atoms with Crippen molar-refractivity contribution in [2.45, 2.75) is 66.1 Å². The summed E-state index contributed by atoms with van der Waals surface area (Å²) in [5.41, 5.74) is 2.64. The normalized spacial score (nSPS) is 23.5. The second-order valence-corrected chi connectivity index (χ2v) is 11.4. The SMILES string of the molecule is C[C@@H]1CN(C(=O)c2c(NC(=O)c3ccccc3)sc3c2CC[C@H](C(C)(C)C)C3)C[C@H](C)O1. The van der Waals surface area contributed by atoms with Crippen LogP contribution in [0.5, 0.6) is 0 Å². The fourth-order valence-electron chi connectivity index (χ4n) is 4.91. The molecule has 2 aliphatic rings. The van der Waals surface area contributed by atoms with Crippen LogP contribution in [-0.2, 0) is 17.6 Å². The predicted octanol–water partition coefficient (Wildman–Crippen LogP) is 5.40. The molecule has 4 rings (SSSR count). The third-order valence-corrected chi connectivity index (χ3v) is 7.84. The van der Waals surface area contributed by atoms with E-state index in [2.05, 4.69) is 26.1 Å². The lowest BCUT2D eigenvalue weighted by Crippen LogP contribution is -2.48. The second kappa shape index (κ2) is 8.99. The van der Waals surface area contributed by atoms with Crippen LogP contribution in [-0.4, -0.2) is 42.0 Å². The van der Waals surface area contributed by atoms with E-state index >= 15 is 0 Å². The minimum absolute atomic E-state index is 0.00444. The first-order valence-corrected chi connectivity index (χ1v) is 12.4. The van der Waals surface area contributed by atoms with Crippen molar-refractivity contribution in [3.8, 4) is 0 Å². The van der Waals surface area contributed by atoms with Crippen LogP contribution in [0.25, 0.3) is 0 Å². The molecular formula is C26H34N2O3S. The molecule has 2 aromatic rings. The van der Waals surface area contributed by atoms with Crippen molar-refractivity contribution in [1.29, 1.82) is 0 Å². The van der Waals surface area contributed by atoms with E-state index in [0.717, 1.165) is 24.8 Å². The van der Waals surface area contributed by atoms with Crippen molar-refractivity contribution in [1.82, 2.24) is 4.90 Å². The summed E-state index contributed by atoms with van der Waals surface area (Å²) in [5, 5.41) is 3.77. The molecule has 0 bridgehead atoms. The third-order valence-electron chi connectivity index (χ3n) is 6.67. The number of nitrogens with one attached hydrogen (secondary N) is 1. The maximum Gasteiger partial charge on any atom is 0.257 e. The Kier molecular flexibility index (Phi) is 6.46. The molecule has 2 heterocycles. The van der Waals surface area contributed by atoms with Gasteiger partial charge in [-0.3, -0.25) is 9.59 Å². The zero-order valence-corrected chi connectivity index (χ0v) is 20.6. The molecule has 1 saturated heterocycles. The van der Waals surface area contributed by atoms with Crippen LogP contribution < -0.4 is 5.32 Å². The summed E-state index contributed by atoms with van der Waals surface area (Å²) in [6.07, 6.45) is 2.91. The summed E-state index contributed by atoms with van der Waals surface area (Å²) < 4.78 is 5.84. The van der Waals surface area contributed by atoms with Crippen molar-refractivity contribution < 1.29 is 14.3 Å². The lowest BCUT2D eigenvalue weighted by Gasteiger charge is -2.36. The molecule has 1 aromatic heterocycles. The molecule has 0 saturated carbocycles. The third kappa shape index (κ3) is 4.76. The van der Waals surface area contributed by atoms with Crippen LogP contribution >= 0.6 is 11.3 Å². The van der Waals surface area contributed by atoms with Crippen LogP contribution in [0.15, 0.2) is 30.3 Å². The average Bonchev–Trinajstić information content (AvgIpc) is 3.09. The number of hydrogen-bond donors (Lipinski definition) is 1. The fourth-order valence-corrected chi connectivity index (χ4v) is 6.22. The molecular weight excluding hydrogens is 420 g/mol. The molecule has 6 heteroatoms. The number of benzene rings is 1. The predicted molar refractivity (Wildman–Crippen MR) is 130 cm³/mol. The summed E-state index contributed by atoms with van der Waals surface area (Å²) in [6.45, 7) is 12.0. The van der Waals surface area contributed by atoms with Gasteiger partial charge in [0.1, 0.15) is 5.00 Å². The smallest absolute Gasteiger partial charge is 0.257 e. The molecule has 0 unspecified atom stereocenters. The Hall–Kier alpha value is -2.18. The van der Waals surface area contributed by atoms with Gasteiger partial charge < -0.3 is 15.0 Å². The molecule has 1 aromatic carbocycles. The lowest BCUT2D eigenvalue weighted by atomic mass is 9.72. The molecule has 1 fully saturated rings. The number of rotatable bonds is 3. The number of amides is 2. The van der Waals surface area contributed by atoms with E-state index in [1.807, 2.05) is 36.9 Å². The Morgan fingerprint density at radius 1 is 1.09 bits per heavy atom. The van der Waals surface area contributed by atoms with Gasteiger partial charge in [-0.2, -0.15) is 0 Å². The van der Waals surface area contributed by atoms with Gasteiger partial charge in [0.2, 0.25) is 0 Å². The highest BCUT2D eigenvalue weighted by Gasteiger charge is 2.36. The first-order chi connectivity index (χ1) is 15.1. The van der Waals surface area contributed by atoms with Gasteiger partial charge in [-0.1, -0.05) is 39.0 Å². The molecule has 0 radical (unpaired) electrons. The van der Waals surface area contributed by atoms with E-state index in [9.17, 15) is 9.59 Å². The zero-order chi connectivity index (χ0) is 23.0. The number of ether oxygens (including phenoxy) is 1. The van der Waals surface area contributed by atoms with Crippen molar-refractivity contribution in [2.24, 2.45) is 11.3 Å². The van der Waals surface area contributed by atoms with Crippen molar-refractivity contribution in [3.05, 3.63) is 51.9 Å². The Balaban J connectivity index is 1.69. The average molecular weight is 455 g/mol. The van der Waals surface area contributed by atoms with Gasteiger partial charge in [0.25, 0.3) is 11.8 Å². The van der Waals surface area contributed by atoms with Crippen molar-refractivity contribution >= 4 is 28.2 Å².